The fourth-order valence-corrected chi connectivity index (χ4v) is 2.46. The maximum atomic E-state index is 11.4. The smallest absolute Gasteiger partial charge is 0.175 e. The molecule has 1 rings (SSSR count). The van der Waals surface area contributed by atoms with Crippen molar-refractivity contribution in [3.8, 4) is 0 Å². The Balaban J connectivity index is 2.93. The number of anilines is 1. The first-order valence-corrected chi connectivity index (χ1v) is 7.99. The van der Waals surface area contributed by atoms with Gasteiger partial charge in [-0.25, -0.2) is 8.42 Å². The Morgan fingerprint density at radius 3 is 2.17 bits per heavy atom. The lowest BCUT2D eigenvalue weighted by Crippen LogP contribution is -2.32. The summed E-state index contributed by atoms with van der Waals surface area (Å²) in [4.78, 5) is 2.53. The molecule has 0 saturated heterocycles. The predicted molar refractivity (Wildman–Crippen MR) is 75.7 cm³/mol. The van der Waals surface area contributed by atoms with Crippen LogP contribution in [0.3, 0.4) is 0 Å². The van der Waals surface area contributed by atoms with Crippen LogP contribution in [0.5, 0.6) is 0 Å². The van der Waals surface area contributed by atoms with Crippen LogP contribution in [0.4, 0.5) is 5.69 Å². The van der Waals surface area contributed by atoms with E-state index < -0.39 is 9.84 Å². The minimum absolute atomic E-state index is 0.350. The molecule has 102 valence electrons. The fraction of sp³-hybridized carbons (Fsp3) is 0.538. The van der Waals surface area contributed by atoms with Gasteiger partial charge < -0.3 is 10.6 Å². The van der Waals surface area contributed by atoms with Crippen LogP contribution in [0.1, 0.15) is 13.8 Å². The van der Waals surface area contributed by atoms with Gasteiger partial charge in [-0.3, -0.25) is 0 Å². The van der Waals surface area contributed by atoms with E-state index in [2.05, 4.69) is 18.7 Å². The third-order valence-electron chi connectivity index (χ3n) is 2.61. The monoisotopic (exact) mass is 270 g/mol. The van der Waals surface area contributed by atoms with Crippen LogP contribution >= 0.6 is 0 Å². The molecule has 0 aliphatic heterocycles. The Labute approximate surface area is 110 Å². The second-order valence-corrected chi connectivity index (χ2v) is 6.91. The third-order valence-corrected chi connectivity index (χ3v) is 3.74. The molecule has 1 aromatic rings. The average Bonchev–Trinajstić information content (AvgIpc) is 2.27. The van der Waals surface area contributed by atoms with Gasteiger partial charge in [-0.05, 0) is 30.2 Å². The zero-order valence-corrected chi connectivity index (χ0v) is 12.1. The first kappa shape index (κ1) is 15.0. The summed E-state index contributed by atoms with van der Waals surface area (Å²) < 4.78 is 22.8. The topological polar surface area (TPSA) is 63.4 Å². The minimum Gasteiger partial charge on any atom is -0.370 e. The molecule has 0 aliphatic carbocycles. The van der Waals surface area contributed by atoms with Gasteiger partial charge in [0.1, 0.15) is 0 Å². The predicted octanol–water partition coefficient (Wildman–Crippen LogP) is 1.51. The summed E-state index contributed by atoms with van der Waals surface area (Å²) in [6.45, 7) is 6.56. The molecule has 0 heterocycles. The van der Waals surface area contributed by atoms with E-state index in [4.69, 9.17) is 5.73 Å². The lowest BCUT2D eigenvalue weighted by Gasteiger charge is -2.26. The van der Waals surface area contributed by atoms with E-state index in [9.17, 15) is 8.42 Å². The van der Waals surface area contributed by atoms with Crippen LogP contribution in [0.15, 0.2) is 29.2 Å². The van der Waals surface area contributed by atoms with E-state index in [1.807, 2.05) is 12.1 Å². The lowest BCUT2D eigenvalue weighted by atomic mass is 10.2. The van der Waals surface area contributed by atoms with Crippen molar-refractivity contribution in [2.24, 2.45) is 11.7 Å². The van der Waals surface area contributed by atoms with Gasteiger partial charge in [0.15, 0.2) is 9.84 Å². The summed E-state index contributed by atoms with van der Waals surface area (Å²) in [7, 11) is -3.12. The van der Waals surface area contributed by atoms with Crippen molar-refractivity contribution in [1.82, 2.24) is 0 Å². The zero-order valence-electron chi connectivity index (χ0n) is 11.3. The van der Waals surface area contributed by atoms with Gasteiger partial charge in [0.25, 0.3) is 0 Å². The molecular formula is C13H22N2O2S. The molecular weight excluding hydrogens is 248 g/mol. The Morgan fingerprint density at radius 1 is 1.22 bits per heavy atom. The number of benzene rings is 1. The van der Waals surface area contributed by atoms with Crippen LogP contribution < -0.4 is 10.6 Å². The average molecular weight is 270 g/mol. The van der Waals surface area contributed by atoms with Gasteiger partial charge in [0, 0.05) is 31.6 Å². The Kier molecular flexibility index (Phi) is 5.16. The van der Waals surface area contributed by atoms with Crippen molar-refractivity contribution in [1.29, 1.82) is 0 Å². The highest BCUT2D eigenvalue weighted by molar-refractivity contribution is 7.90. The summed E-state index contributed by atoms with van der Waals surface area (Å²) >= 11 is 0. The molecule has 0 atom stereocenters. The molecule has 0 aromatic heterocycles. The van der Waals surface area contributed by atoms with Gasteiger partial charge in [-0.2, -0.15) is 0 Å². The standard InChI is InChI=1S/C13H22N2O2S/c1-11(2)10-15(9-8-14)12-4-6-13(7-5-12)18(3,16)17/h4-7,11H,8-10,14H2,1-3H3. The first-order valence-electron chi connectivity index (χ1n) is 6.09. The summed E-state index contributed by atoms with van der Waals surface area (Å²) in [5.74, 6) is 0.533. The number of rotatable bonds is 6. The number of sulfone groups is 1. The minimum atomic E-state index is -3.12. The van der Waals surface area contributed by atoms with E-state index in [1.165, 1.54) is 6.26 Å². The molecule has 0 bridgehead atoms. The number of nitrogens with zero attached hydrogens (tertiary/aromatic N) is 1. The van der Waals surface area contributed by atoms with Gasteiger partial charge in [0.2, 0.25) is 0 Å². The van der Waals surface area contributed by atoms with Gasteiger partial charge in [0.05, 0.1) is 4.90 Å². The number of nitrogens with two attached hydrogens (primary N) is 1. The van der Waals surface area contributed by atoms with Crippen LogP contribution in [0, 0.1) is 5.92 Å². The van der Waals surface area contributed by atoms with Crippen LogP contribution in [-0.4, -0.2) is 34.3 Å². The van der Waals surface area contributed by atoms with E-state index >= 15 is 0 Å². The molecule has 0 saturated carbocycles. The molecule has 0 fully saturated rings. The summed E-state index contributed by atoms with van der Waals surface area (Å²) in [5, 5.41) is 0. The molecule has 0 unspecified atom stereocenters. The van der Waals surface area contributed by atoms with E-state index in [-0.39, 0.29) is 0 Å². The van der Waals surface area contributed by atoms with E-state index in [0.717, 1.165) is 18.8 Å². The number of hydrogen-bond acceptors (Lipinski definition) is 4. The van der Waals surface area contributed by atoms with Crippen LogP contribution in [-0.2, 0) is 9.84 Å². The highest BCUT2D eigenvalue weighted by Gasteiger charge is 2.10. The quantitative estimate of drug-likeness (QED) is 0.851. The molecule has 0 spiro atoms. The third kappa shape index (κ3) is 4.31. The second-order valence-electron chi connectivity index (χ2n) is 4.89. The van der Waals surface area contributed by atoms with Gasteiger partial charge in [-0.1, -0.05) is 13.8 Å². The second kappa shape index (κ2) is 6.20. The van der Waals surface area contributed by atoms with Crippen molar-refractivity contribution in [2.45, 2.75) is 18.7 Å². The lowest BCUT2D eigenvalue weighted by molar-refractivity contribution is 0.601. The van der Waals surface area contributed by atoms with Crippen LogP contribution in [0.2, 0.25) is 0 Å². The van der Waals surface area contributed by atoms with Crippen molar-refractivity contribution in [3.05, 3.63) is 24.3 Å². The molecule has 18 heavy (non-hydrogen) atoms. The number of hydrogen-bond donors (Lipinski definition) is 1. The van der Waals surface area contributed by atoms with Crippen molar-refractivity contribution in [2.75, 3.05) is 30.8 Å². The molecule has 5 heteroatoms. The largest absolute Gasteiger partial charge is 0.370 e. The normalized spacial score (nSPS) is 11.8. The van der Waals surface area contributed by atoms with Crippen molar-refractivity contribution in [3.63, 3.8) is 0 Å². The summed E-state index contributed by atoms with van der Waals surface area (Å²) in [5.41, 5.74) is 6.62. The van der Waals surface area contributed by atoms with Gasteiger partial charge in [-0.15, -0.1) is 0 Å². The summed E-state index contributed by atoms with van der Waals surface area (Å²) in [6.07, 6.45) is 1.22. The van der Waals surface area contributed by atoms with Crippen molar-refractivity contribution < 1.29 is 8.42 Å². The Morgan fingerprint density at radius 2 is 1.78 bits per heavy atom. The highest BCUT2D eigenvalue weighted by atomic mass is 32.2. The molecule has 0 aliphatic rings. The first-order chi connectivity index (χ1) is 8.34. The maximum absolute atomic E-state index is 11.4. The van der Waals surface area contributed by atoms with E-state index in [0.29, 0.717) is 17.4 Å². The fourth-order valence-electron chi connectivity index (χ4n) is 1.83. The molecule has 2 N–H and O–H groups in total. The molecule has 1 aromatic carbocycles. The molecule has 0 radical (unpaired) electrons. The van der Waals surface area contributed by atoms with Crippen LogP contribution in [0.25, 0.3) is 0 Å². The maximum Gasteiger partial charge on any atom is 0.175 e. The summed E-state index contributed by atoms with van der Waals surface area (Å²) in [6, 6.07) is 6.98. The highest BCUT2D eigenvalue weighted by Crippen LogP contribution is 2.18. The Bertz CT molecular complexity index is 466. The Hall–Kier alpha value is -1.07. The van der Waals surface area contributed by atoms with E-state index in [1.54, 1.807) is 12.1 Å². The zero-order chi connectivity index (χ0) is 13.8. The molecule has 4 nitrogen and oxygen atoms in total. The van der Waals surface area contributed by atoms with Gasteiger partial charge >= 0.3 is 0 Å². The SMILES string of the molecule is CC(C)CN(CCN)c1ccc(S(C)(=O)=O)cc1. The molecule has 0 amide bonds. The van der Waals surface area contributed by atoms with Crippen molar-refractivity contribution >= 4 is 15.5 Å².